The van der Waals surface area contributed by atoms with E-state index in [4.69, 9.17) is 0 Å². The van der Waals surface area contributed by atoms with E-state index in [0.717, 1.165) is 28.8 Å². The van der Waals surface area contributed by atoms with Gasteiger partial charge in [-0.15, -0.1) is 10.2 Å². The molecular formula is C21H24N4OS. The van der Waals surface area contributed by atoms with Crippen molar-refractivity contribution in [1.82, 2.24) is 20.1 Å². The van der Waals surface area contributed by atoms with Gasteiger partial charge in [-0.3, -0.25) is 9.36 Å². The second-order valence-electron chi connectivity index (χ2n) is 6.37. The number of nitrogens with one attached hydrogen (secondary N) is 1. The molecule has 0 radical (unpaired) electrons. The van der Waals surface area contributed by atoms with Gasteiger partial charge >= 0.3 is 0 Å². The zero-order chi connectivity index (χ0) is 19.1. The first-order valence-electron chi connectivity index (χ1n) is 9.12. The summed E-state index contributed by atoms with van der Waals surface area (Å²) in [5.41, 5.74) is 3.43. The number of nitrogens with zero attached hydrogens (tertiary/aromatic N) is 3. The second kappa shape index (κ2) is 9.37. The van der Waals surface area contributed by atoms with Crippen molar-refractivity contribution in [3.05, 3.63) is 71.5 Å². The Balaban J connectivity index is 1.83. The van der Waals surface area contributed by atoms with Gasteiger partial charge in [0.25, 0.3) is 0 Å². The SMILES string of the molecule is CCCC(=O)NCc1nnc(SCc2ccccc2)n1-c1ccc(C)cc1. The maximum Gasteiger partial charge on any atom is 0.220 e. The molecule has 2 aromatic carbocycles. The molecule has 3 aromatic rings. The standard InChI is InChI=1S/C21H24N4OS/c1-3-7-20(26)22-14-19-23-24-21(27-15-17-8-5-4-6-9-17)25(19)18-12-10-16(2)11-13-18/h4-6,8-13H,3,7,14-15H2,1-2H3,(H,22,26). The van der Waals surface area contributed by atoms with Crippen LogP contribution in [0.15, 0.2) is 59.8 Å². The van der Waals surface area contributed by atoms with Crippen molar-refractivity contribution >= 4 is 17.7 Å². The van der Waals surface area contributed by atoms with E-state index >= 15 is 0 Å². The molecule has 0 bridgehead atoms. The molecule has 0 saturated heterocycles. The Hall–Kier alpha value is -2.60. The maximum atomic E-state index is 11.9. The first-order valence-corrected chi connectivity index (χ1v) is 10.1. The Morgan fingerprint density at radius 2 is 1.81 bits per heavy atom. The number of aromatic nitrogens is 3. The monoisotopic (exact) mass is 380 g/mol. The normalized spacial score (nSPS) is 10.7. The lowest BCUT2D eigenvalue weighted by Crippen LogP contribution is -2.24. The van der Waals surface area contributed by atoms with Gasteiger partial charge < -0.3 is 5.32 Å². The molecule has 0 unspecified atom stereocenters. The van der Waals surface area contributed by atoms with Gasteiger partial charge in [-0.1, -0.05) is 66.7 Å². The highest BCUT2D eigenvalue weighted by Gasteiger charge is 2.15. The van der Waals surface area contributed by atoms with Crippen LogP contribution in [0.25, 0.3) is 5.69 Å². The van der Waals surface area contributed by atoms with Crippen LogP contribution in [0.5, 0.6) is 0 Å². The lowest BCUT2D eigenvalue weighted by molar-refractivity contribution is -0.121. The van der Waals surface area contributed by atoms with Gasteiger partial charge in [-0.05, 0) is 31.0 Å². The zero-order valence-corrected chi connectivity index (χ0v) is 16.5. The van der Waals surface area contributed by atoms with Crippen LogP contribution in [0.2, 0.25) is 0 Å². The number of amides is 1. The van der Waals surface area contributed by atoms with Crippen LogP contribution in [0.3, 0.4) is 0 Å². The Morgan fingerprint density at radius 1 is 1.07 bits per heavy atom. The summed E-state index contributed by atoms with van der Waals surface area (Å²) < 4.78 is 2.03. The van der Waals surface area contributed by atoms with Crippen molar-refractivity contribution in [2.45, 2.75) is 44.1 Å². The highest BCUT2D eigenvalue weighted by molar-refractivity contribution is 7.98. The summed E-state index contributed by atoms with van der Waals surface area (Å²) in [6, 6.07) is 18.5. The summed E-state index contributed by atoms with van der Waals surface area (Å²) in [6.07, 6.45) is 1.35. The van der Waals surface area contributed by atoms with Crippen molar-refractivity contribution in [2.75, 3.05) is 0 Å². The fourth-order valence-corrected chi connectivity index (χ4v) is 3.60. The number of hydrogen-bond acceptors (Lipinski definition) is 4. The predicted molar refractivity (Wildman–Crippen MR) is 109 cm³/mol. The van der Waals surface area contributed by atoms with Gasteiger partial charge in [-0.2, -0.15) is 0 Å². The van der Waals surface area contributed by atoms with Crippen LogP contribution in [-0.4, -0.2) is 20.7 Å². The first kappa shape index (κ1) is 19.2. The van der Waals surface area contributed by atoms with E-state index in [2.05, 4.69) is 58.8 Å². The molecule has 6 heteroatoms. The minimum Gasteiger partial charge on any atom is -0.349 e. The third-order valence-corrected chi connectivity index (χ3v) is 5.12. The molecule has 0 spiro atoms. The minimum atomic E-state index is 0.0365. The second-order valence-corrected chi connectivity index (χ2v) is 7.31. The molecule has 1 amide bonds. The summed E-state index contributed by atoms with van der Waals surface area (Å²) in [4.78, 5) is 11.9. The van der Waals surface area contributed by atoms with Crippen molar-refractivity contribution in [3.8, 4) is 5.69 Å². The smallest absolute Gasteiger partial charge is 0.220 e. The fourth-order valence-electron chi connectivity index (χ4n) is 2.68. The van der Waals surface area contributed by atoms with Gasteiger partial charge in [0.15, 0.2) is 11.0 Å². The summed E-state index contributed by atoms with van der Waals surface area (Å²) in [5, 5.41) is 12.5. The average molecular weight is 381 g/mol. The number of carbonyl (C=O) groups excluding carboxylic acids is 1. The van der Waals surface area contributed by atoms with Crippen LogP contribution in [0, 0.1) is 6.92 Å². The van der Waals surface area contributed by atoms with Crippen LogP contribution < -0.4 is 5.32 Å². The largest absolute Gasteiger partial charge is 0.349 e. The molecule has 1 heterocycles. The Labute approximate surface area is 164 Å². The molecule has 0 saturated carbocycles. The lowest BCUT2D eigenvalue weighted by Gasteiger charge is -2.11. The first-order chi connectivity index (χ1) is 13.2. The van der Waals surface area contributed by atoms with E-state index < -0.39 is 0 Å². The predicted octanol–water partition coefficient (Wildman–Crippen LogP) is 4.28. The van der Waals surface area contributed by atoms with Crippen LogP contribution in [0.4, 0.5) is 0 Å². The summed E-state index contributed by atoms with van der Waals surface area (Å²) in [6.45, 7) is 4.42. The van der Waals surface area contributed by atoms with Gasteiger partial charge in [0.1, 0.15) is 0 Å². The van der Waals surface area contributed by atoms with Gasteiger partial charge in [0.2, 0.25) is 5.91 Å². The lowest BCUT2D eigenvalue weighted by atomic mass is 10.2. The molecule has 0 aliphatic heterocycles. The van der Waals surface area contributed by atoms with Gasteiger partial charge in [-0.25, -0.2) is 0 Å². The third-order valence-electron chi connectivity index (χ3n) is 4.12. The fraction of sp³-hybridized carbons (Fsp3) is 0.286. The molecule has 5 nitrogen and oxygen atoms in total. The van der Waals surface area contributed by atoms with E-state index in [-0.39, 0.29) is 5.91 Å². The van der Waals surface area contributed by atoms with E-state index in [1.165, 1.54) is 11.1 Å². The highest BCUT2D eigenvalue weighted by atomic mass is 32.2. The van der Waals surface area contributed by atoms with Gasteiger partial charge in [0, 0.05) is 17.9 Å². The Morgan fingerprint density at radius 3 is 2.52 bits per heavy atom. The Bertz CT molecular complexity index is 875. The molecule has 1 N–H and O–H groups in total. The van der Waals surface area contributed by atoms with E-state index in [9.17, 15) is 4.79 Å². The molecule has 0 atom stereocenters. The number of carbonyl (C=O) groups is 1. The van der Waals surface area contributed by atoms with Crippen molar-refractivity contribution < 1.29 is 4.79 Å². The summed E-state index contributed by atoms with van der Waals surface area (Å²) in [7, 11) is 0. The van der Waals surface area contributed by atoms with Crippen LogP contribution in [-0.2, 0) is 17.1 Å². The number of thioether (sulfide) groups is 1. The number of aryl methyl sites for hydroxylation is 1. The summed E-state index contributed by atoms with van der Waals surface area (Å²) in [5.74, 6) is 1.58. The molecule has 0 aliphatic carbocycles. The number of rotatable bonds is 8. The molecular weight excluding hydrogens is 356 g/mol. The quantitative estimate of drug-likeness (QED) is 0.593. The van der Waals surface area contributed by atoms with Crippen LogP contribution in [0.1, 0.15) is 36.7 Å². The van der Waals surface area contributed by atoms with Crippen molar-refractivity contribution in [2.24, 2.45) is 0 Å². The molecule has 140 valence electrons. The number of benzene rings is 2. The molecule has 0 aliphatic rings. The van der Waals surface area contributed by atoms with E-state index in [1.54, 1.807) is 11.8 Å². The van der Waals surface area contributed by atoms with Crippen LogP contribution >= 0.6 is 11.8 Å². The highest BCUT2D eigenvalue weighted by Crippen LogP contribution is 2.25. The molecule has 1 aromatic heterocycles. The van der Waals surface area contributed by atoms with Crippen molar-refractivity contribution in [1.29, 1.82) is 0 Å². The van der Waals surface area contributed by atoms with E-state index in [1.807, 2.05) is 29.7 Å². The summed E-state index contributed by atoms with van der Waals surface area (Å²) >= 11 is 1.64. The molecule has 27 heavy (non-hydrogen) atoms. The third kappa shape index (κ3) is 5.20. The number of hydrogen-bond donors (Lipinski definition) is 1. The topological polar surface area (TPSA) is 59.8 Å². The molecule has 3 rings (SSSR count). The molecule has 0 fully saturated rings. The zero-order valence-electron chi connectivity index (χ0n) is 15.7. The average Bonchev–Trinajstić information content (AvgIpc) is 3.09. The maximum absolute atomic E-state index is 11.9. The van der Waals surface area contributed by atoms with Crippen molar-refractivity contribution in [3.63, 3.8) is 0 Å². The van der Waals surface area contributed by atoms with Gasteiger partial charge in [0.05, 0.1) is 6.54 Å². The van der Waals surface area contributed by atoms with E-state index in [0.29, 0.717) is 13.0 Å². The minimum absolute atomic E-state index is 0.0365. The Kier molecular flexibility index (Phi) is 6.65.